The molecule has 3 N–H and O–H groups in total. The monoisotopic (exact) mass is 503 g/mol. The van der Waals surface area contributed by atoms with Crippen LogP contribution in [0.2, 0.25) is 5.02 Å². The molecule has 186 valence electrons. The van der Waals surface area contributed by atoms with Gasteiger partial charge in [-0.25, -0.2) is 0 Å². The van der Waals surface area contributed by atoms with Crippen LogP contribution in [0.1, 0.15) is 45.8 Å². The van der Waals surface area contributed by atoms with Crippen molar-refractivity contribution >= 4 is 17.5 Å². The maximum atomic E-state index is 13.0. The molecule has 0 fully saturated rings. The van der Waals surface area contributed by atoms with Crippen molar-refractivity contribution in [1.82, 2.24) is 15.6 Å². The number of nitrogens with zero attached hydrogens (tertiary/aromatic N) is 1. The second kappa shape index (κ2) is 12.0. The zero-order valence-corrected chi connectivity index (χ0v) is 21.1. The molecule has 7 heteroatoms. The lowest BCUT2D eigenvalue weighted by molar-refractivity contribution is 0.0916. The van der Waals surface area contributed by atoms with E-state index in [2.05, 4.69) is 53.7 Å². The van der Waals surface area contributed by atoms with E-state index in [0.29, 0.717) is 29.3 Å². The van der Waals surface area contributed by atoms with Gasteiger partial charge in [0.05, 0.1) is 29.8 Å². The quantitative estimate of drug-likeness (QED) is 0.266. The highest BCUT2D eigenvalue weighted by atomic mass is 35.5. The van der Waals surface area contributed by atoms with E-state index in [-0.39, 0.29) is 18.6 Å². The molecule has 2 aromatic carbocycles. The number of amides is 1. The first kappa shape index (κ1) is 25.6. The summed E-state index contributed by atoms with van der Waals surface area (Å²) in [5, 5.41) is 16.5. The Morgan fingerprint density at radius 2 is 1.81 bits per heavy atom. The van der Waals surface area contributed by atoms with Gasteiger partial charge in [-0.1, -0.05) is 41.4 Å². The number of aryl methyl sites for hydroxylation is 1. The van der Waals surface area contributed by atoms with Crippen LogP contribution in [0.4, 0.5) is 0 Å². The fourth-order valence-electron chi connectivity index (χ4n) is 3.94. The van der Waals surface area contributed by atoms with Gasteiger partial charge in [-0.15, -0.1) is 0 Å². The van der Waals surface area contributed by atoms with E-state index in [1.807, 2.05) is 30.3 Å². The van der Waals surface area contributed by atoms with Gasteiger partial charge in [0, 0.05) is 24.0 Å². The summed E-state index contributed by atoms with van der Waals surface area (Å²) in [6.45, 7) is 4.57. The van der Waals surface area contributed by atoms with Crippen molar-refractivity contribution in [3.05, 3.63) is 112 Å². The summed E-state index contributed by atoms with van der Waals surface area (Å²) in [6, 6.07) is 20.9. The predicted octanol–water partition coefficient (Wildman–Crippen LogP) is 5.49. The number of carbonyl (C=O) groups excluding carboxylic acids is 1. The first-order chi connectivity index (χ1) is 17.4. The first-order valence-electron chi connectivity index (χ1n) is 11.9. The van der Waals surface area contributed by atoms with Gasteiger partial charge in [0.25, 0.3) is 5.91 Å². The Balaban J connectivity index is 1.41. The summed E-state index contributed by atoms with van der Waals surface area (Å²) in [5.74, 6) is 1.09. The number of benzene rings is 2. The molecule has 4 rings (SSSR count). The lowest BCUT2D eigenvalue weighted by Crippen LogP contribution is -2.39. The third-order valence-corrected chi connectivity index (χ3v) is 6.43. The molecule has 2 aromatic heterocycles. The van der Waals surface area contributed by atoms with Crippen LogP contribution in [0.5, 0.6) is 0 Å². The van der Waals surface area contributed by atoms with Crippen molar-refractivity contribution < 1.29 is 14.3 Å². The number of aliphatic hydroxyl groups is 1. The minimum atomic E-state index is -0.448. The van der Waals surface area contributed by atoms with Gasteiger partial charge in [-0.2, -0.15) is 0 Å². The van der Waals surface area contributed by atoms with Crippen molar-refractivity contribution in [1.29, 1.82) is 0 Å². The zero-order chi connectivity index (χ0) is 25.5. The molecule has 0 saturated carbocycles. The average molecular weight is 504 g/mol. The predicted molar refractivity (Wildman–Crippen MR) is 142 cm³/mol. The molecule has 1 amide bonds. The highest BCUT2D eigenvalue weighted by Crippen LogP contribution is 2.27. The summed E-state index contributed by atoms with van der Waals surface area (Å²) in [5.41, 5.74) is 4.49. The molecule has 0 aliphatic heterocycles. The highest BCUT2D eigenvalue weighted by molar-refractivity contribution is 6.34. The molecule has 0 aliphatic rings. The number of halogens is 1. The van der Waals surface area contributed by atoms with Crippen LogP contribution in [-0.4, -0.2) is 28.6 Å². The van der Waals surface area contributed by atoms with Crippen LogP contribution >= 0.6 is 11.6 Å². The smallest absolute Gasteiger partial charge is 0.253 e. The van der Waals surface area contributed by atoms with E-state index in [4.69, 9.17) is 16.0 Å². The van der Waals surface area contributed by atoms with E-state index < -0.39 is 6.04 Å². The Bertz CT molecular complexity index is 1290. The van der Waals surface area contributed by atoms with Crippen LogP contribution in [0.25, 0.3) is 11.3 Å². The Morgan fingerprint density at radius 1 is 1.06 bits per heavy atom. The normalized spacial score (nSPS) is 12.8. The third-order valence-electron chi connectivity index (χ3n) is 6.10. The molecular weight excluding hydrogens is 474 g/mol. The van der Waals surface area contributed by atoms with E-state index in [0.717, 1.165) is 16.9 Å². The number of nitrogens with one attached hydrogen (secondary N) is 2. The van der Waals surface area contributed by atoms with E-state index in [1.165, 1.54) is 11.1 Å². The Hall–Kier alpha value is -3.45. The standard InChI is InChI=1S/C29H30ClN3O3/c1-19-3-5-22(6-4-19)20(2)32-17-25-8-10-28(36-25)23-7-9-27(30)26(16-23)29(35)33-24(18-34)15-21-11-13-31-14-12-21/h3-14,16,20,24,32,34H,15,17-18H2,1-2H3,(H,33,35)/t20-,24-/m1/s1. The van der Waals surface area contributed by atoms with Gasteiger partial charge >= 0.3 is 0 Å². The average Bonchev–Trinajstić information content (AvgIpc) is 3.37. The van der Waals surface area contributed by atoms with Gasteiger partial charge in [-0.3, -0.25) is 9.78 Å². The topological polar surface area (TPSA) is 87.4 Å². The van der Waals surface area contributed by atoms with Gasteiger partial charge in [-0.05, 0) is 73.9 Å². The minimum Gasteiger partial charge on any atom is -0.460 e. The number of pyridine rings is 1. The summed E-state index contributed by atoms with van der Waals surface area (Å²) >= 11 is 6.35. The second-order valence-electron chi connectivity index (χ2n) is 8.89. The number of furan rings is 1. The minimum absolute atomic E-state index is 0.177. The fraction of sp³-hybridized carbons (Fsp3) is 0.241. The fourth-order valence-corrected chi connectivity index (χ4v) is 4.14. The molecule has 36 heavy (non-hydrogen) atoms. The molecule has 2 atom stereocenters. The molecule has 0 spiro atoms. The molecule has 0 radical (unpaired) electrons. The molecule has 4 aromatic rings. The van der Waals surface area contributed by atoms with Crippen LogP contribution in [0.15, 0.2) is 83.5 Å². The number of rotatable bonds is 10. The third kappa shape index (κ3) is 6.61. The molecular formula is C29H30ClN3O3. The van der Waals surface area contributed by atoms with Crippen molar-refractivity contribution in [3.63, 3.8) is 0 Å². The van der Waals surface area contributed by atoms with E-state index in [1.54, 1.807) is 24.5 Å². The van der Waals surface area contributed by atoms with Gasteiger partial charge < -0.3 is 20.2 Å². The van der Waals surface area contributed by atoms with E-state index >= 15 is 0 Å². The number of aromatic nitrogens is 1. The Morgan fingerprint density at radius 3 is 2.53 bits per heavy atom. The summed E-state index contributed by atoms with van der Waals surface area (Å²) < 4.78 is 6.05. The molecule has 2 heterocycles. The number of hydrogen-bond donors (Lipinski definition) is 3. The molecule has 0 unspecified atom stereocenters. The molecule has 6 nitrogen and oxygen atoms in total. The Labute approximate surface area is 216 Å². The van der Waals surface area contributed by atoms with Crippen molar-refractivity contribution in [3.8, 4) is 11.3 Å². The second-order valence-corrected chi connectivity index (χ2v) is 9.29. The largest absolute Gasteiger partial charge is 0.460 e. The van der Waals surface area contributed by atoms with Crippen LogP contribution in [0, 0.1) is 6.92 Å². The number of carbonyl (C=O) groups is 1. The van der Waals surface area contributed by atoms with Crippen molar-refractivity contribution in [2.45, 2.75) is 38.9 Å². The first-order valence-corrected chi connectivity index (χ1v) is 12.3. The highest BCUT2D eigenvalue weighted by Gasteiger charge is 2.18. The van der Waals surface area contributed by atoms with Crippen LogP contribution < -0.4 is 10.6 Å². The maximum Gasteiger partial charge on any atom is 0.253 e. The van der Waals surface area contributed by atoms with Gasteiger partial charge in [0.2, 0.25) is 0 Å². The van der Waals surface area contributed by atoms with Crippen LogP contribution in [-0.2, 0) is 13.0 Å². The number of aliphatic hydroxyl groups excluding tert-OH is 1. The molecule has 0 saturated heterocycles. The Kier molecular flexibility index (Phi) is 8.54. The van der Waals surface area contributed by atoms with E-state index in [9.17, 15) is 9.90 Å². The van der Waals surface area contributed by atoms with Crippen molar-refractivity contribution in [2.75, 3.05) is 6.61 Å². The molecule has 0 aliphatic carbocycles. The summed E-state index contributed by atoms with van der Waals surface area (Å²) in [4.78, 5) is 17.0. The SMILES string of the molecule is Cc1ccc([C@@H](C)NCc2ccc(-c3ccc(Cl)c(C(=O)N[C@@H](CO)Cc4ccncc4)c3)o2)cc1. The summed E-state index contributed by atoms with van der Waals surface area (Å²) in [7, 11) is 0. The maximum absolute atomic E-state index is 13.0. The number of hydrogen-bond acceptors (Lipinski definition) is 5. The zero-order valence-electron chi connectivity index (χ0n) is 20.4. The van der Waals surface area contributed by atoms with Gasteiger partial charge in [0.1, 0.15) is 11.5 Å². The van der Waals surface area contributed by atoms with Crippen molar-refractivity contribution in [2.24, 2.45) is 0 Å². The lowest BCUT2D eigenvalue weighted by Gasteiger charge is -2.17. The van der Waals surface area contributed by atoms with Gasteiger partial charge in [0.15, 0.2) is 0 Å². The molecule has 0 bridgehead atoms. The lowest BCUT2D eigenvalue weighted by atomic mass is 10.1. The summed E-state index contributed by atoms with van der Waals surface area (Å²) in [6.07, 6.45) is 3.85. The van der Waals surface area contributed by atoms with Crippen LogP contribution in [0.3, 0.4) is 0 Å².